The summed E-state index contributed by atoms with van der Waals surface area (Å²) in [5.41, 5.74) is 3.10. The van der Waals surface area contributed by atoms with Crippen molar-refractivity contribution in [3.8, 4) is 11.3 Å². The minimum Gasteiger partial charge on any atom is -0.444 e. The highest BCUT2D eigenvalue weighted by Crippen LogP contribution is 2.33. The molecule has 0 bridgehead atoms. The number of ether oxygens (including phenoxy) is 1. The second-order valence-electron chi connectivity index (χ2n) is 9.44. The predicted molar refractivity (Wildman–Crippen MR) is 142 cm³/mol. The Balaban J connectivity index is 1.75. The molecule has 0 saturated heterocycles. The zero-order valence-corrected chi connectivity index (χ0v) is 22.7. The second-order valence-corrected chi connectivity index (χ2v) is 12.5. The standard InChI is InChI=1S/C26H31N3O5S2/c1-17(30)28-24-29-23(22(35-24)16-19-8-12-21(13-9-19)36(5,32)33)20-10-6-18(7-11-20)14-15-27-25(31)34-26(2,3)4/h6-13H,14-16H2,1-5H3,(H,27,31)(H,28,29,30). The van der Waals surface area contributed by atoms with Crippen LogP contribution in [0.15, 0.2) is 53.4 Å². The van der Waals surface area contributed by atoms with Crippen LogP contribution in [0.4, 0.5) is 9.93 Å². The number of sulfone groups is 1. The van der Waals surface area contributed by atoms with Crippen LogP contribution in [0.2, 0.25) is 0 Å². The van der Waals surface area contributed by atoms with Gasteiger partial charge < -0.3 is 15.4 Å². The smallest absolute Gasteiger partial charge is 0.407 e. The lowest BCUT2D eigenvalue weighted by Crippen LogP contribution is -2.33. The molecule has 0 aliphatic heterocycles. The van der Waals surface area contributed by atoms with E-state index in [0.717, 1.165) is 27.3 Å². The fourth-order valence-corrected chi connectivity index (χ4v) is 5.09. The Hall–Kier alpha value is -3.24. The molecule has 0 aliphatic rings. The number of amides is 2. The van der Waals surface area contributed by atoms with E-state index in [1.54, 1.807) is 24.3 Å². The van der Waals surface area contributed by atoms with Gasteiger partial charge in [0.1, 0.15) is 5.60 Å². The second kappa shape index (κ2) is 11.2. The van der Waals surface area contributed by atoms with Gasteiger partial charge in [-0.05, 0) is 50.5 Å². The van der Waals surface area contributed by atoms with E-state index in [9.17, 15) is 18.0 Å². The number of anilines is 1. The highest BCUT2D eigenvalue weighted by molar-refractivity contribution is 7.90. The van der Waals surface area contributed by atoms with Gasteiger partial charge in [0.15, 0.2) is 15.0 Å². The fourth-order valence-electron chi connectivity index (χ4n) is 3.39. The molecule has 2 N–H and O–H groups in total. The summed E-state index contributed by atoms with van der Waals surface area (Å²) in [5, 5.41) is 6.01. The van der Waals surface area contributed by atoms with Gasteiger partial charge in [0.25, 0.3) is 0 Å². The van der Waals surface area contributed by atoms with Gasteiger partial charge in [0.05, 0.1) is 10.6 Å². The fraction of sp³-hybridized carbons (Fsp3) is 0.346. The first kappa shape index (κ1) is 27.3. The van der Waals surface area contributed by atoms with Crippen LogP contribution >= 0.6 is 11.3 Å². The van der Waals surface area contributed by atoms with Gasteiger partial charge in [0, 0.05) is 36.6 Å². The van der Waals surface area contributed by atoms with Crippen LogP contribution in [-0.4, -0.2) is 43.8 Å². The minimum absolute atomic E-state index is 0.202. The van der Waals surface area contributed by atoms with Gasteiger partial charge in [0.2, 0.25) is 5.91 Å². The molecule has 0 aliphatic carbocycles. The average molecular weight is 530 g/mol. The summed E-state index contributed by atoms with van der Waals surface area (Å²) in [6.07, 6.45) is 1.92. The minimum atomic E-state index is -3.26. The van der Waals surface area contributed by atoms with E-state index in [1.165, 1.54) is 24.5 Å². The number of nitrogens with zero attached hydrogens (tertiary/aromatic N) is 1. The highest BCUT2D eigenvalue weighted by Gasteiger charge is 2.17. The number of nitrogens with one attached hydrogen (secondary N) is 2. The van der Waals surface area contributed by atoms with E-state index in [4.69, 9.17) is 4.74 Å². The first-order valence-corrected chi connectivity index (χ1v) is 14.1. The quantitative estimate of drug-likeness (QED) is 0.432. The van der Waals surface area contributed by atoms with Crippen molar-refractivity contribution in [2.75, 3.05) is 18.1 Å². The summed E-state index contributed by atoms with van der Waals surface area (Å²) < 4.78 is 28.8. The van der Waals surface area contributed by atoms with Gasteiger partial charge in [-0.15, -0.1) is 11.3 Å². The van der Waals surface area contributed by atoms with E-state index in [1.807, 2.05) is 45.0 Å². The van der Waals surface area contributed by atoms with Crippen molar-refractivity contribution in [2.24, 2.45) is 0 Å². The summed E-state index contributed by atoms with van der Waals surface area (Å²) in [7, 11) is -3.26. The molecule has 2 aromatic carbocycles. The molecule has 0 atom stereocenters. The SMILES string of the molecule is CC(=O)Nc1nc(-c2ccc(CCNC(=O)OC(C)(C)C)cc2)c(Cc2ccc(S(C)(=O)=O)cc2)s1. The van der Waals surface area contributed by atoms with E-state index >= 15 is 0 Å². The van der Waals surface area contributed by atoms with Gasteiger partial charge >= 0.3 is 6.09 Å². The van der Waals surface area contributed by atoms with Crippen LogP contribution in [0.1, 0.15) is 43.7 Å². The third kappa shape index (κ3) is 8.17. The Bertz CT molecular complexity index is 1320. The molecule has 0 fully saturated rings. The van der Waals surface area contributed by atoms with E-state index in [0.29, 0.717) is 24.5 Å². The molecule has 3 rings (SSSR count). The Morgan fingerprint density at radius 2 is 1.61 bits per heavy atom. The Morgan fingerprint density at radius 3 is 2.17 bits per heavy atom. The normalized spacial score (nSPS) is 11.7. The highest BCUT2D eigenvalue weighted by atomic mass is 32.2. The van der Waals surface area contributed by atoms with Crippen molar-refractivity contribution in [3.05, 3.63) is 64.5 Å². The topological polar surface area (TPSA) is 114 Å². The number of thiazole rings is 1. The molecule has 10 heteroatoms. The first-order valence-electron chi connectivity index (χ1n) is 11.4. The molecule has 0 radical (unpaired) electrons. The van der Waals surface area contributed by atoms with Crippen molar-refractivity contribution < 1.29 is 22.7 Å². The van der Waals surface area contributed by atoms with Crippen molar-refractivity contribution in [2.45, 2.75) is 51.0 Å². The van der Waals surface area contributed by atoms with E-state index < -0.39 is 21.5 Å². The predicted octanol–water partition coefficient (Wildman–Crippen LogP) is 4.83. The number of carbonyl (C=O) groups is 2. The van der Waals surface area contributed by atoms with Crippen LogP contribution in [0.3, 0.4) is 0 Å². The molecule has 192 valence electrons. The van der Waals surface area contributed by atoms with Crippen LogP contribution in [0, 0.1) is 0 Å². The Morgan fingerprint density at radius 1 is 1.00 bits per heavy atom. The average Bonchev–Trinajstić information content (AvgIpc) is 3.14. The number of rotatable bonds is 8. The van der Waals surface area contributed by atoms with E-state index in [2.05, 4.69) is 15.6 Å². The number of benzene rings is 2. The lowest BCUT2D eigenvalue weighted by Gasteiger charge is -2.19. The monoisotopic (exact) mass is 529 g/mol. The van der Waals surface area contributed by atoms with Crippen molar-refractivity contribution in [3.63, 3.8) is 0 Å². The van der Waals surface area contributed by atoms with Gasteiger partial charge in [-0.1, -0.05) is 36.4 Å². The number of alkyl carbamates (subject to hydrolysis) is 1. The van der Waals surface area contributed by atoms with Crippen LogP contribution in [0.25, 0.3) is 11.3 Å². The Kier molecular flexibility index (Phi) is 8.52. The van der Waals surface area contributed by atoms with Crippen molar-refractivity contribution >= 4 is 38.3 Å². The number of aromatic nitrogens is 1. The summed E-state index contributed by atoms with van der Waals surface area (Å²) in [5.74, 6) is -0.202. The summed E-state index contributed by atoms with van der Waals surface area (Å²) in [6, 6.07) is 14.7. The molecule has 2 amide bonds. The molecule has 1 heterocycles. The zero-order chi connectivity index (χ0) is 26.5. The molecule has 0 unspecified atom stereocenters. The molecule has 0 saturated carbocycles. The molecule has 36 heavy (non-hydrogen) atoms. The summed E-state index contributed by atoms with van der Waals surface area (Å²) in [6.45, 7) is 7.34. The molecule has 8 nitrogen and oxygen atoms in total. The van der Waals surface area contributed by atoms with E-state index in [-0.39, 0.29) is 10.8 Å². The summed E-state index contributed by atoms with van der Waals surface area (Å²) in [4.78, 5) is 29.3. The largest absolute Gasteiger partial charge is 0.444 e. The summed E-state index contributed by atoms with van der Waals surface area (Å²) >= 11 is 1.39. The molecular formula is C26H31N3O5S2. The molecule has 1 aromatic heterocycles. The third-order valence-electron chi connectivity index (χ3n) is 5.01. The Labute approximate surface area is 216 Å². The zero-order valence-electron chi connectivity index (χ0n) is 21.0. The maximum absolute atomic E-state index is 11.8. The number of hydrogen-bond donors (Lipinski definition) is 2. The maximum atomic E-state index is 11.8. The van der Waals surface area contributed by atoms with Gasteiger partial charge in [-0.3, -0.25) is 4.79 Å². The lowest BCUT2D eigenvalue weighted by atomic mass is 10.0. The lowest BCUT2D eigenvalue weighted by molar-refractivity contribution is -0.114. The number of hydrogen-bond acceptors (Lipinski definition) is 7. The van der Waals surface area contributed by atoms with Crippen molar-refractivity contribution in [1.82, 2.24) is 10.3 Å². The maximum Gasteiger partial charge on any atom is 0.407 e. The van der Waals surface area contributed by atoms with Crippen LogP contribution < -0.4 is 10.6 Å². The van der Waals surface area contributed by atoms with Crippen LogP contribution in [-0.2, 0) is 32.2 Å². The molecule has 0 spiro atoms. The van der Waals surface area contributed by atoms with Crippen molar-refractivity contribution in [1.29, 1.82) is 0 Å². The van der Waals surface area contributed by atoms with Gasteiger partial charge in [-0.25, -0.2) is 18.2 Å². The first-order chi connectivity index (χ1) is 16.8. The number of carbonyl (C=O) groups excluding carboxylic acids is 2. The van der Waals surface area contributed by atoms with Gasteiger partial charge in [-0.2, -0.15) is 0 Å². The third-order valence-corrected chi connectivity index (χ3v) is 7.11. The van der Waals surface area contributed by atoms with Crippen LogP contribution in [0.5, 0.6) is 0 Å². The molecule has 3 aromatic rings. The molecular weight excluding hydrogens is 498 g/mol.